The number of hydrogen-bond acceptors (Lipinski definition) is 4. The first-order chi connectivity index (χ1) is 8.63. The van der Waals surface area contributed by atoms with Crippen LogP contribution in [0, 0.1) is 0 Å². The highest BCUT2D eigenvalue weighted by Gasteiger charge is 2.17. The highest BCUT2D eigenvalue weighted by molar-refractivity contribution is 9.10. The van der Waals surface area contributed by atoms with Crippen LogP contribution in [0.3, 0.4) is 0 Å². The summed E-state index contributed by atoms with van der Waals surface area (Å²) in [6, 6.07) is 0.124. The predicted molar refractivity (Wildman–Crippen MR) is 72.3 cm³/mol. The zero-order chi connectivity index (χ0) is 13.1. The lowest BCUT2D eigenvalue weighted by molar-refractivity contribution is -0.117. The lowest BCUT2D eigenvalue weighted by atomic mass is 10.1. The normalized spacial score (nSPS) is 12.8. The zero-order valence-corrected chi connectivity index (χ0v) is 12.0. The van der Waals surface area contributed by atoms with Gasteiger partial charge in [0.25, 0.3) is 0 Å². The van der Waals surface area contributed by atoms with Gasteiger partial charge in [0, 0.05) is 12.5 Å². The summed E-state index contributed by atoms with van der Waals surface area (Å²) in [5.41, 5.74) is 1.51. The smallest absolute Gasteiger partial charge is 0.164 e. The second kappa shape index (κ2) is 5.56. The van der Waals surface area contributed by atoms with Crippen LogP contribution in [-0.4, -0.2) is 25.3 Å². The molecule has 0 amide bonds. The molecule has 0 unspecified atom stereocenters. The van der Waals surface area contributed by atoms with Gasteiger partial charge in [-0.3, -0.25) is 4.79 Å². The van der Waals surface area contributed by atoms with Gasteiger partial charge in [0.15, 0.2) is 5.65 Å². The number of hydrogen-bond donors (Lipinski definition) is 0. The third-order valence-corrected chi connectivity index (χ3v) is 3.43. The van der Waals surface area contributed by atoms with Gasteiger partial charge in [0.05, 0.1) is 6.33 Å². The van der Waals surface area contributed by atoms with Crippen LogP contribution in [0.5, 0.6) is 0 Å². The molecule has 6 heteroatoms. The number of Topliss-reactive ketones (excluding diaryl/α,β-unsaturated/α-hetero) is 1. The summed E-state index contributed by atoms with van der Waals surface area (Å²) in [7, 11) is 0. The number of fused-ring (bicyclic) bond motifs is 1. The molecule has 1 atom stereocenters. The number of carbonyl (C=O) groups is 1. The van der Waals surface area contributed by atoms with Crippen molar-refractivity contribution in [3.63, 3.8) is 0 Å². The van der Waals surface area contributed by atoms with Gasteiger partial charge in [0.1, 0.15) is 22.2 Å². The summed E-state index contributed by atoms with van der Waals surface area (Å²) in [4.78, 5) is 24.0. The van der Waals surface area contributed by atoms with Crippen molar-refractivity contribution in [1.29, 1.82) is 0 Å². The fraction of sp³-hybridized carbons (Fsp3) is 0.500. The molecule has 2 heterocycles. The molecule has 18 heavy (non-hydrogen) atoms. The molecular formula is C12H15BrN4O. The van der Waals surface area contributed by atoms with E-state index in [2.05, 4.69) is 37.8 Å². The van der Waals surface area contributed by atoms with Gasteiger partial charge in [-0.2, -0.15) is 0 Å². The van der Waals surface area contributed by atoms with Gasteiger partial charge < -0.3 is 4.57 Å². The van der Waals surface area contributed by atoms with Gasteiger partial charge in [-0.05, 0) is 29.3 Å². The minimum absolute atomic E-state index is 0.124. The fourth-order valence-corrected chi connectivity index (χ4v) is 2.47. The number of imidazole rings is 1. The van der Waals surface area contributed by atoms with E-state index in [0.29, 0.717) is 11.0 Å². The van der Waals surface area contributed by atoms with Crippen LogP contribution in [0.1, 0.15) is 39.2 Å². The minimum Gasteiger partial charge on any atom is -0.312 e. The topological polar surface area (TPSA) is 60.7 Å². The molecule has 0 spiro atoms. The second-order valence-corrected chi connectivity index (χ2v) is 5.09. The number of rotatable bonds is 5. The van der Waals surface area contributed by atoms with E-state index in [4.69, 9.17) is 0 Å². The Labute approximate surface area is 114 Å². The lowest BCUT2D eigenvalue weighted by Gasteiger charge is -2.16. The Morgan fingerprint density at radius 3 is 2.89 bits per heavy atom. The average molecular weight is 311 g/mol. The molecule has 0 aliphatic heterocycles. The Morgan fingerprint density at radius 2 is 2.22 bits per heavy atom. The second-order valence-electron chi connectivity index (χ2n) is 4.34. The van der Waals surface area contributed by atoms with Crippen molar-refractivity contribution in [2.75, 3.05) is 0 Å². The molecule has 0 radical (unpaired) electrons. The molecule has 0 saturated carbocycles. The fourth-order valence-electron chi connectivity index (χ4n) is 2.10. The Kier molecular flexibility index (Phi) is 4.06. The maximum absolute atomic E-state index is 11.4. The van der Waals surface area contributed by atoms with Gasteiger partial charge in [-0.25, -0.2) is 15.0 Å². The summed E-state index contributed by atoms with van der Waals surface area (Å²) >= 11 is 3.36. The van der Waals surface area contributed by atoms with E-state index < -0.39 is 0 Å². The number of halogens is 1. The summed E-state index contributed by atoms with van der Waals surface area (Å²) in [6.45, 7) is 3.73. The van der Waals surface area contributed by atoms with Gasteiger partial charge in [0.2, 0.25) is 0 Å². The molecule has 5 nitrogen and oxygen atoms in total. The number of aromatic nitrogens is 4. The number of carbonyl (C=O) groups excluding carboxylic acids is 1. The molecule has 0 N–H and O–H groups in total. The van der Waals surface area contributed by atoms with Crippen LogP contribution in [0.25, 0.3) is 11.2 Å². The van der Waals surface area contributed by atoms with Crippen LogP contribution in [-0.2, 0) is 4.79 Å². The van der Waals surface area contributed by atoms with E-state index in [0.717, 1.165) is 24.0 Å². The first kappa shape index (κ1) is 13.1. The standard InChI is InChI=1S/C12H15BrN4O/c1-3-4-9(5-8(2)18)17-7-16-10-11(13)14-6-15-12(10)17/h6-7,9H,3-5H2,1-2H3/t9-/m1/s1. The van der Waals surface area contributed by atoms with Gasteiger partial charge >= 0.3 is 0 Å². The maximum atomic E-state index is 11.4. The molecule has 2 rings (SSSR count). The molecular weight excluding hydrogens is 296 g/mol. The Morgan fingerprint density at radius 1 is 1.44 bits per heavy atom. The number of nitrogens with zero attached hydrogens (tertiary/aromatic N) is 4. The minimum atomic E-state index is 0.124. The van der Waals surface area contributed by atoms with Crippen LogP contribution in [0.4, 0.5) is 0 Å². The lowest BCUT2D eigenvalue weighted by Crippen LogP contribution is -2.12. The predicted octanol–water partition coefficient (Wildman–Crippen LogP) is 2.91. The Hall–Kier alpha value is -1.30. The van der Waals surface area contributed by atoms with E-state index in [1.165, 1.54) is 6.33 Å². The van der Waals surface area contributed by atoms with Crippen LogP contribution in [0.15, 0.2) is 17.3 Å². The van der Waals surface area contributed by atoms with Crippen LogP contribution in [0.2, 0.25) is 0 Å². The van der Waals surface area contributed by atoms with Crippen molar-refractivity contribution >= 4 is 32.9 Å². The molecule has 0 aromatic carbocycles. The highest BCUT2D eigenvalue weighted by atomic mass is 79.9. The monoisotopic (exact) mass is 310 g/mol. The third-order valence-electron chi connectivity index (χ3n) is 2.85. The Bertz CT molecular complexity index is 566. The zero-order valence-electron chi connectivity index (χ0n) is 10.4. The van der Waals surface area contributed by atoms with E-state index in [1.54, 1.807) is 13.3 Å². The van der Waals surface area contributed by atoms with Gasteiger partial charge in [-0.15, -0.1) is 0 Å². The van der Waals surface area contributed by atoms with Crippen molar-refractivity contribution in [1.82, 2.24) is 19.5 Å². The first-order valence-electron chi connectivity index (χ1n) is 5.96. The van der Waals surface area contributed by atoms with Crippen molar-refractivity contribution < 1.29 is 4.79 Å². The van der Waals surface area contributed by atoms with Gasteiger partial charge in [-0.1, -0.05) is 13.3 Å². The molecule has 0 bridgehead atoms. The first-order valence-corrected chi connectivity index (χ1v) is 6.75. The highest BCUT2D eigenvalue weighted by Crippen LogP contribution is 2.25. The van der Waals surface area contributed by atoms with Crippen molar-refractivity contribution in [2.24, 2.45) is 0 Å². The number of ketones is 1. The summed E-state index contributed by atoms with van der Waals surface area (Å²) < 4.78 is 2.66. The Balaban J connectivity index is 2.44. The van der Waals surface area contributed by atoms with Crippen molar-refractivity contribution in [3.8, 4) is 0 Å². The molecule has 0 fully saturated rings. The summed E-state index contributed by atoms with van der Waals surface area (Å²) in [6.07, 6.45) is 5.71. The molecule has 2 aromatic heterocycles. The van der Waals surface area contributed by atoms with Crippen molar-refractivity contribution in [2.45, 2.75) is 39.2 Å². The largest absolute Gasteiger partial charge is 0.312 e. The van der Waals surface area contributed by atoms with Crippen LogP contribution < -0.4 is 0 Å². The summed E-state index contributed by atoms with van der Waals surface area (Å²) in [5, 5.41) is 0. The molecule has 0 saturated heterocycles. The summed E-state index contributed by atoms with van der Waals surface area (Å²) in [5.74, 6) is 0.184. The van der Waals surface area contributed by atoms with Crippen LogP contribution >= 0.6 is 15.9 Å². The van der Waals surface area contributed by atoms with E-state index in [1.807, 2.05) is 4.57 Å². The SMILES string of the molecule is CCC[C@H](CC(C)=O)n1cnc2c(Br)ncnc21. The molecule has 0 aliphatic rings. The average Bonchev–Trinajstić information content (AvgIpc) is 2.73. The third kappa shape index (κ3) is 2.58. The maximum Gasteiger partial charge on any atom is 0.164 e. The molecule has 0 aliphatic carbocycles. The van der Waals surface area contributed by atoms with Crippen molar-refractivity contribution in [3.05, 3.63) is 17.3 Å². The quantitative estimate of drug-likeness (QED) is 0.797. The molecule has 96 valence electrons. The molecule has 2 aromatic rings. The van der Waals surface area contributed by atoms with E-state index in [9.17, 15) is 4.79 Å². The van der Waals surface area contributed by atoms with E-state index in [-0.39, 0.29) is 11.8 Å². The van der Waals surface area contributed by atoms with E-state index >= 15 is 0 Å².